The van der Waals surface area contributed by atoms with Crippen molar-refractivity contribution in [2.75, 3.05) is 73.0 Å². The Bertz CT molecular complexity index is 1790. The summed E-state index contributed by atoms with van der Waals surface area (Å²) < 4.78 is 87.5. The highest BCUT2D eigenvalue weighted by atomic mass is 32.2. The van der Waals surface area contributed by atoms with Gasteiger partial charge in [-0.1, -0.05) is 53.1 Å². The van der Waals surface area contributed by atoms with Crippen LogP contribution in [0.5, 0.6) is 0 Å². The molecular weight excluding hydrogens is 675 g/mol. The standard InChI is InChI=1S/C33H45N5O7S3/c1-27-6-12-30(13-7-27)46(40,41)36-20-18-35(26-33(39)34(4)5)19-21-37(47(42,43)31-14-8-28(2)9-15-31)23-25-38(24-22-36)48(44,45)32-16-10-29(3)11-17-32/h6-17H,18-26H2,1-5H3. The molecule has 15 heteroatoms. The summed E-state index contributed by atoms with van der Waals surface area (Å²) in [7, 11) is -9.05. The maximum atomic E-state index is 14.0. The number of nitrogens with zero attached hydrogens (tertiary/aromatic N) is 5. The van der Waals surface area contributed by atoms with Crippen LogP contribution in [0.4, 0.5) is 0 Å². The molecule has 0 spiro atoms. The van der Waals surface area contributed by atoms with Gasteiger partial charge in [-0.15, -0.1) is 0 Å². The van der Waals surface area contributed by atoms with E-state index in [-0.39, 0.29) is 79.5 Å². The quantitative estimate of drug-likeness (QED) is 0.347. The number of likely N-dealkylation sites (N-methyl/N-ethyl adjacent to an activating group) is 1. The fraction of sp³-hybridized carbons (Fsp3) is 0.424. The van der Waals surface area contributed by atoms with Crippen molar-refractivity contribution in [3.05, 3.63) is 89.5 Å². The third kappa shape index (κ3) is 9.08. The van der Waals surface area contributed by atoms with Crippen LogP contribution in [-0.2, 0) is 34.9 Å². The molecule has 0 unspecified atom stereocenters. The maximum absolute atomic E-state index is 14.0. The lowest BCUT2D eigenvalue weighted by atomic mass is 10.2. The number of benzene rings is 3. The zero-order valence-corrected chi connectivity index (χ0v) is 30.6. The fourth-order valence-electron chi connectivity index (χ4n) is 5.19. The molecule has 4 rings (SSSR count). The minimum absolute atomic E-state index is 0.0226. The van der Waals surface area contributed by atoms with Crippen molar-refractivity contribution >= 4 is 36.0 Å². The van der Waals surface area contributed by atoms with Crippen molar-refractivity contribution in [1.29, 1.82) is 0 Å². The van der Waals surface area contributed by atoms with Crippen molar-refractivity contribution in [2.45, 2.75) is 35.5 Å². The van der Waals surface area contributed by atoms with Crippen molar-refractivity contribution in [1.82, 2.24) is 22.7 Å². The molecule has 1 amide bonds. The number of carbonyl (C=O) groups excluding carboxylic acids is 1. The predicted octanol–water partition coefficient (Wildman–Crippen LogP) is 2.39. The summed E-state index contributed by atoms with van der Waals surface area (Å²) in [4.78, 5) is 16.1. The highest BCUT2D eigenvalue weighted by Crippen LogP contribution is 2.22. The normalized spacial score (nSPS) is 17.4. The van der Waals surface area contributed by atoms with Crippen molar-refractivity contribution in [3.8, 4) is 0 Å². The number of aryl methyl sites for hydroxylation is 3. The lowest BCUT2D eigenvalue weighted by Crippen LogP contribution is -2.50. The third-order valence-electron chi connectivity index (χ3n) is 8.36. The van der Waals surface area contributed by atoms with Crippen LogP contribution in [0.15, 0.2) is 87.5 Å². The molecule has 0 N–H and O–H groups in total. The Balaban J connectivity index is 1.76. The van der Waals surface area contributed by atoms with Crippen LogP contribution in [0.25, 0.3) is 0 Å². The molecule has 262 valence electrons. The average molecular weight is 720 g/mol. The molecule has 0 aromatic heterocycles. The number of hydrogen-bond donors (Lipinski definition) is 0. The van der Waals surface area contributed by atoms with E-state index in [1.54, 1.807) is 55.4 Å². The Kier molecular flexibility index (Phi) is 12.2. The molecule has 3 aromatic rings. The molecule has 1 heterocycles. The summed E-state index contributed by atoms with van der Waals surface area (Å²) >= 11 is 0. The van der Waals surface area contributed by atoms with Gasteiger partial charge < -0.3 is 4.90 Å². The second kappa shape index (κ2) is 15.6. The predicted molar refractivity (Wildman–Crippen MR) is 185 cm³/mol. The lowest BCUT2D eigenvalue weighted by molar-refractivity contribution is -0.129. The van der Waals surface area contributed by atoms with Gasteiger partial charge in [-0.2, -0.15) is 12.9 Å². The Morgan fingerprint density at radius 2 is 0.750 bits per heavy atom. The molecule has 0 radical (unpaired) electrons. The minimum atomic E-state index is -4.15. The van der Waals surface area contributed by atoms with Crippen LogP contribution in [0, 0.1) is 20.8 Å². The molecule has 1 fully saturated rings. The molecule has 1 aliphatic heterocycles. The van der Waals surface area contributed by atoms with Gasteiger partial charge in [-0.05, 0) is 57.2 Å². The Morgan fingerprint density at radius 1 is 0.500 bits per heavy atom. The van der Waals surface area contributed by atoms with Gasteiger partial charge in [0.25, 0.3) is 0 Å². The SMILES string of the molecule is Cc1ccc(S(=O)(=O)N2CCN(CC(=O)N(C)C)CCN(S(=O)(=O)c3ccc(C)cc3)CCN(S(=O)(=O)c3ccc(C)cc3)CC2)cc1. The van der Waals surface area contributed by atoms with Crippen LogP contribution in [0.1, 0.15) is 16.7 Å². The first-order valence-corrected chi connectivity index (χ1v) is 20.0. The summed E-state index contributed by atoms with van der Waals surface area (Å²) in [5.41, 5.74) is 2.64. The average Bonchev–Trinajstić information content (AvgIpc) is 3.02. The summed E-state index contributed by atoms with van der Waals surface area (Å²) in [5, 5.41) is 0. The van der Waals surface area contributed by atoms with Gasteiger partial charge in [0.05, 0.1) is 21.2 Å². The molecule has 0 aliphatic carbocycles. The lowest BCUT2D eigenvalue weighted by Gasteiger charge is -2.33. The monoisotopic (exact) mass is 719 g/mol. The van der Waals surface area contributed by atoms with E-state index in [4.69, 9.17) is 0 Å². The van der Waals surface area contributed by atoms with Gasteiger partial charge in [0.1, 0.15) is 0 Å². The first kappa shape index (κ1) is 37.6. The molecule has 12 nitrogen and oxygen atoms in total. The number of hydrogen-bond acceptors (Lipinski definition) is 8. The summed E-state index contributed by atoms with van der Waals surface area (Å²) in [6.07, 6.45) is 0. The van der Waals surface area contributed by atoms with Crippen molar-refractivity contribution < 1.29 is 30.0 Å². The first-order valence-electron chi connectivity index (χ1n) is 15.6. The van der Waals surface area contributed by atoms with E-state index in [0.29, 0.717) is 0 Å². The molecule has 0 saturated carbocycles. The Morgan fingerprint density at radius 3 is 1.00 bits per heavy atom. The second-order valence-electron chi connectivity index (χ2n) is 12.2. The van der Waals surface area contributed by atoms with E-state index in [9.17, 15) is 30.0 Å². The van der Waals surface area contributed by atoms with Crippen LogP contribution in [-0.4, -0.2) is 127 Å². The van der Waals surface area contributed by atoms with E-state index in [1.807, 2.05) is 20.8 Å². The molecular formula is C33H45N5O7S3. The van der Waals surface area contributed by atoms with E-state index in [2.05, 4.69) is 0 Å². The van der Waals surface area contributed by atoms with Crippen molar-refractivity contribution in [3.63, 3.8) is 0 Å². The highest BCUT2D eigenvalue weighted by Gasteiger charge is 2.33. The van der Waals surface area contributed by atoms with E-state index < -0.39 is 30.1 Å². The van der Waals surface area contributed by atoms with Gasteiger partial charge in [0.2, 0.25) is 36.0 Å². The largest absolute Gasteiger partial charge is 0.348 e. The first-order chi connectivity index (χ1) is 22.5. The van der Waals surface area contributed by atoms with Crippen LogP contribution >= 0.6 is 0 Å². The van der Waals surface area contributed by atoms with E-state index in [1.165, 1.54) is 49.9 Å². The van der Waals surface area contributed by atoms with Crippen LogP contribution < -0.4 is 0 Å². The molecule has 0 bridgehead atoms. The zero-order valence-electron chi connectivity index (χ0n) is 28.1. The number of amides is 1. The number of carbonyl (C=O) groups is 1. The fourth-order valence-corrected chi connectivity index (χ4v) is 9.46. The summed E-state index contributed by atoms with van der Waals surface area (Å²) in [6.45, 7) is 4.74. The maximum Gasteiger partial charge on any atom is 0.243 e. The van der Waals surface area contributed by atoms with Gasteiger partial charge >= 0.3 is 0 Å². The van der Waals surface area contributed by atoms with Crippen molar-refractivity contribution in [2.24, 2.45) is 0 Å². The Labute approximate surface area is 285 Å². The van der Waals surface area contributed by atoms with Crippen LogP contribution in [0.3, 0.4) is 0 Å². The van der Waals surface area contributed by atoms with Gasteiger partial charge in [-0.25, -0.2) is 25.3 Å². The van der Waals surface area contributed by atoms with Gasteiger partial charge in [0, 0.05) is 66.5 Å². The molecule has 3 aromatic carbocycles. The second-order valence-corrected chi connectivity index (χ2v) is 18.0. The molecule has 0 atom stereocenters. The Hall–Kier alpha value is -3.18. The smallest absolute Gasteiger partial charge is 0.243 e. The number of sulfonamides is 3. The number of rotatable bonds is 8. The van der Waals surface area contributed by atoms with Crippen LogP contribution in [0.2, 0.25) is 0 Å². The highest BCUT2D eigenvalue weighted by molar-refractivity contribution is 7.89. The molecule has 1 saturated heterocycles. The third-order valence-corrected chi connectivity index (χ3v) is 14.1. The summed E-state index contributed by atoms with van der Waals surface area (Å²) in [6, 6.07) is 19.2. The molecule has 1 aliphatic rings. The zero-order chi connectivity index (χ0) is 35.3. The topological polar surface area (TPSA) is 136 Å². The molecule has 48 heavy (non-hydrogen) atoms. The van der Waals surface area contributed by atoms with E-state index in [0.717, 1.165) is 21.0 Å². The summed E-state index contributed by atoms with van der Waals surface area (Å²) in [5.74, 6) is -0.224. The van der Waals surface area contributed by atoms with Gasteiger partial charge in [0.15, 0.2) is 0 Å². The van der Waals surface area contributed by atoms with E-state index >= 15 is 0 Å². The minimum Gasteiger partial charge on any atom is -0.348 e. The van der Waals surface area contributed by atoms with Gasteiger partial charge in [-0.3, -0.25) is 9.69 Å².